The Balaban J connectivity index is 1.57. The summed E-state index contributed by atoms with van der Waals surface area (Å²) in [6, 6.07) is 10.5. The molecule has 2 aliphatic heterocycles. The lowest BCUT2D eigenvalue weighted by atomic mass is 10.1. The van der Waals surface area contributed by atoms with Crippen LogP contribution in [-0.2, 0) is 16.0 Å². The molecule has 126 valence electrons. The number of morpholine rings is 2. The second kappa shape index (κ2) is 6.49. The number of benzene rings is 1. The van der Waals surface area contributed by atoms with Gasteiger partial charge in [0.1, 0.15) is 5.60 Å². The van der Waals surface area contributed by atoms with Crippen molar-refractivity contribution in [3.05, 3.63) is 35.9 Å². The molecule has 1 aromatic carbocycles. The molecular weight excluding hydrogens is 292 g/mol. The fraction of sp³-hybridized carbons (Fsp3) is 0.611. The maximum atomic E-state index is 12.3. The van der Waals surface area contributed by atoms with E-state index >= 15 is 0 Å². The SMILES string of the molecule is CC(C)(C)OC(=O)N1C[C@H]2CN(Cc3ccccc3)C[C@H](C1)O2. The second-order valence-electron chi connectivity index (χ2n) is 7.45. The van der Waals surface area contributed by atoms with Crippen molar-refractivity contribution in [3.63, 3.8) is 0 Å². The summed E-state index contributed by atoms with van der Waals surface area (Å²) in [6.45, 7) is 9.54. The second-order valence-corrected chi connectivity index (χ2v) is 7.45. The number of ether oxygens (including phenoxy) is 2. The summed E-state index contributed by atoms with van der Waals surface area (Å²) in [5.74, 6) is 0. The van der Waals surface area contributed by atoms with E-state index in [9.17, 15) is 4.79 Å². The fourth-order valence-electron chi connectivity index (χ4n) is 3.22. The summed E-state index contributed by atoms with van der Waals surface area (Å²) in [4.78, 5) is 16.5. The van der Waals surface area contributed by atoms with Crippen molar-refractivity contribution < 1.29 is 14.3 Å². The third-order valence-electron chi connectivity index (χ3n) is 4.06. The van der Waals surface area contributed by atoms with Gasteiger partial charge in [-0.2, -0.15) is 0 Å². The lowest BCUT2D eigenvalue weighted by molar-refractivity contribution is -0.137. The maximum Gasteiger partial charge on any atom is 0.410 e. The van der Waals surface area contributed by atoms with Crippen LogP contribution in [0.25, 0.3) is 0 Å². The number of carbonyl (C=O) groups excluding carboxylic acids is 1. The normalized spacial score (nSPS) is 25.3. The first-order chi connectivity index (χ1) is 10.9. The molecule has 0 radical (unpaired) electrons. The van der Waals surface area contributed by atoms with Crippen molar-refractivity contribution in [1.29, 1.82) is 0 Å². The number of fused-ring (bicyclic) bond motifs is 2. The highest BCUT2D eigenvalue weighted by Crippen LogP contribution is 2.22. The molecule has 1 amide bonds. The molecule has 3 rings (SSSR count). The lowest BCUT2D eigenvalue weighted by Crippen LogP contribution is -2.60. The molecule has 1 aromatic rings. The number of rotatable bonds is 2. The van der Waals surface area contributed by atoms with Crippen LogP contribution in [-0.4, -0.2) is 59.9 Å². The monoisotopic (exact) mass is 318 g/mol. The minimum Gasteiger partial charge on any atom is -0.444 e. The molecule has 0 spiro atoms. The molecule has 5 nitrogen and oxygen atoms in total. The molecule has 2 aliphatic rings. The van der Waals surface area contributed by atoms with Crippen LogP contribution in [0.3, 0.4) is 0 Å². The van der Waals surface area contributed by atoms with Gasteiger partial charge in [0.15, 0.2) is 0 Å². The number of carbonyl (C=O) groups is 1. The Labute approximate surface area is 138 Å². The predicted octanol–water partition coefficient (Wildman–Crippen LogP) is 2.51. The number of hydrogen-bond acceptors (Lipinski definition) is 4. The molecule has 2 fully saturated rings. The topological polar surface area (TPSA) is 42.0 Å². The first-order valence-corrected chi connectivity index (χ1v) is 8.29. The molecule has 23 heavy (non-hydrogen) atoms. The zero-order chi connectivity index (χ0) is 16.4. The van der Waals surface area contributed by atoms with E-state index in [0.29, 0.717) is 13.1 Å². The van der Waals surface area contributed by atoms with Gasteiger partial charge in [-0.15, -0.1) is 0 Å². The van der Waals surface area contributed by atoms with Gasteiger partial charge in [-0.05, 0) is 26.3 Å². The van der Waals surface area contributed by atoms with E-state index in [0.717, 1.165) is 19.6 Å². The molecule has 0 aromatic heterocycles. The summed E-state index contributed by atoms with van der Waals surface area (Å²) in [6.07, 6.45) is -0.0928. The average Bonchev–Trinajstić information content (AvgIpc) is 2.45. The predicted molar refractivity (Wildman–Crippen MR) is 88.2 cm³/mol. The first kappa shape index (κ1) is 16.3. The van der Waals surface area contributed by atoms with Crippen LogP contribution in [0.1, 0.15) is 26.3 Å². The maximum absolute atomic E-state index is 12.3. The zero-order valence-corrected chi connectivity index (χ0v) is 14.2. The van der Waals surface area contributed by atoms with Crippen molar-refractivity contribution in [1.82, 2.24) is 9.80 Å². The molecule has 0 unspecified atom stereocenters. The third kappa shape index (κ3) is 4.45. The van der Waals surface area contributed by atoms with Gasteiger partial charge in [-0.1, -0.05) is 30.3 Å². The largest absolute Gasteiger partial charge is 0.444 e. The van der Waals surface area contributed by atoms with E-state index in [2.05, 4.69) is 29.2 Å². The Bertz CT molecular complexity index is 527. The fourth-order valence-corrected chi connectivity index (χ4v) is 3.22. The summed E-state index contributed by atoms with van der Waals surface area (Å²) >= 11 is 0. The number of hydrogen-bond donors (Lipinski definition) is 0. The summed E-state index contributed by atoms with van der Waals surface area (Å²) in [5.41, 5.74) is 0.862. The van der Waals surface area contributed by atoms with Crippen LogP contribution >= 0.6 is 0 Å². The van der Waals surface area contributed by atoms with Crippen LogP contribution in [0.15, 0.2) is 30.3 Å². The molecule has 2 atom stereocenters. The Kier molecular flexibility index (Phi) is 4.60. The van der Waals surface area contributed by atoms with Gasteiger partial charge in [0.25, 0.3) is 0 Å². The van der Waals surface area contributed by atoms with Gasteiger partial charge in [-0.3, -0.25) is 4.90 Å². The van der Waals surface area contributed by atoms with Crippen molar-refractivity contribution in [2.24, 2.45) is 0 Å². The van der Waals surface area contributed by atoms with E-state index in [1.54, 1.807) is 4.90 Å². The summed E-state index contributed by atoms with van der Waals surface area (Å²) in [7, 11) is 0. The Morgan fingerprint density at radius 1 is 1.13 bits per heavy atom. The Morgan fingerprint density at radius 2 is 1.74 bits per heavy atom. The van der Waals surface area contributed by atoms with E-state index in [1.165, 1.54) is 5.56 Å². The molecule has 2 saturated heterocycles. The van der Waals surface area contributed by atoms with Crippen LogP contribution in [0.5, 0.6) is 0 Å². The molecule has 2 heterocycles. The molecule has 0 aliphatic carbocycles. The molecule has 5 heteroatoms. The number of nitrogens with zero attached hydrogens (tertiary/aromatic N) is 2. The minimum absolute atomic E-state index is 0.0683. The number of amides is 1. The standard InChI is InChI=1S/C18H26N2O3/c1-18(2,3)23-17(21)20-12-15-10-19(11-16(13-20)22-15)9-14-7-5-4-6-8-14/h4-8,15-16H,9-13H2,1-3H3/t15-,16-/m1/s1. The van der Waals surface area contributed by atoms with Gasteiger partial charge < -0.3 is 14.4 Å². The molecule has 0 saturated carbocycles. The quantitative estimate of drug-likeness (QED) is 0.840. The average molecular weight is 318 g/mol. The minimum atomic E-state index is -0.455. The highest BCUT2D eigenvalue weighted by molar-refractivity contribution is 5.68. The van der Waals surface area contributed by atoms with Crippen molar-refractivity contribution in [3.8, 4) is 0 Å². The van der Waals surface area contributed by atoms with Gasteiger partial charge in [-0.25, -0.2) is 4.79 Å². The highest BCUT2D eigenvalue weighted by atomic mass is 16.6. The van der Waals surface area contributed by atoms with Gasteiger partial charge in [0.2, 0.25) is 0 Å². The van der Waals surface area contributed by atoms with E-state index < -0.39 is 5.60 Å². The van der Waals surface area contributed by atoms with Crippen molar-refractivity contribution >= 4 is 6.09 Å². The smallest absolute Gasteiger partial charge is 0.410 e. The molecule has 0 N–H and O–H groups in total. The van der Waals surface area contributed by atoms with Crippen LogP contribution in [0.4, 0.5) is 4.79 Å². The Morgan fingerprint density at radius 3 is 2.30 bits per heavy atom. The molecule has 2 bridgehead atoms. The van der Waals surface area contributed by atoms with E-state index in [-0.39, 0.29) is 18.3 Å². The molecular formula is C18H26N2O3. The van der Waals surface area contributed by atoms with Crippen LogP contribution < -0.4 is 0 Å². The van der Waals surface area contributed by atoms with Crippen molar-refractivity contribution in [2.45, 2.75) is 45.1 Å². The third-order valence-corrected chi connectivity index (χ3v) is 4.06. The summed E-state index contributed by atoms with van der Waals surface area (Å²) < 4.78 is 11.5. The Hall–Kier alpha value is -1.59. The van der Waals surface area contributed by atoms with Crippen LogP contribution in [0.2, 0.25) is 0 Å². The van der Waals surface area contributed by atoms with Crippen LogP contribution in [0, 0.1) is 0 Å². The summed E-state index contributed by atoms with van der Waals surface area (Å²) in [5, 5.41) is 0. The zero-order valence-electron chi connectivity index (χ0n) is 14.2. The van der Waals surface area contributed by atoms with Gasteiger partial charge >= 0.3 is 6.09 Å². The first-order valence-electron chi connectivity index (χ1n) is 8.29. The van der Waals surface area contributed by atoms with Gasteiger partial charge in [0, 0.05) is 19.6 Å². The van der Waals surface area contributed by atoms with E-state index in [4.69, 9.17) is 9.47 Å². The van der Waals surface area contributed by atoms with Gasteiger partial charge in [0.05, 0.1) is 25.3 Å². The lowest BCUT2D eigenvalue weighted by Gasteiger charge is -2.45. The van der Waals surface area contributed by atoms with Crippen molar-refractivity contribution in [2.75, 3.05) is 26.2 Å². The van der Waals surface area contributed by atoms with E-state index in [1.807, 2.05) is 26.8 Å². The highest BCUT2D eigenvalue weighted by Gasteiger charge is 2.37.